The summed E-state index contributed by atoms with van der Waals surface area (Å²) in [5.74, 6) is -0.882. The molecular weight excluding hydrogens is 462 g/mol. The van der Waals surface area contributed by atoms with Crippen LogP contribution < -0.4 is 11.4 Å². The van der Waals surface area contributed by atoms with Crippen molar-refractivity contribution in [3.63, 3.8) is 0 Å². The van der Waals surface area contributed by atoms with E-state index in [9.17, 15) is 24.3 Å². The Hall–Kier alpha value is -3.98. The highest BCUT2D eigenvalue weighted by molar-refractivity contribution is 6.13. The fraction of sp³-hybridized carbons (Fsp3) is 0.333. The van der Waals surface area contributed by atoms with Crippen LogP contribution in [-0.4, -0.2) is 30.6 Å². The summed E-state index contributed by atoms with van der Waals surface area (Å²) in [5.41, 5.74) is -0.485. The largest absolute Gasteiger partial charge is 0.463 e. The highest BCUT2D eigenvalue weighted by Gasteiger charge is 2.60. The number of furan rings is 1. The number of hydrogen-bond donors (Lipinski definition) is 1. The molecular formula is C27H25N3O6. The molecule has 1 saturated carbocycles. The number of aromatic nitrogens is 3. The van der Waals surface area contributed by atoms with Gasteiger partial charge in [0.1, 0.15) is 18.1 Å². The van der Waals surface area contributed by atoms with Crippen molar-refractivity contribution in [1.29, 1.82) is 0 Å². The summed E-state index contributed by atoms with van der Waals surface area (Å²) in [6.07, 6.45) is 3.47. The summed E-state index contributed by atoms with van der Waals surface area (Å²) in [6, 6.07) is 11.5. The number of rotatable bonds is 3. The molecule has 0 bridgehead atoms. The third-order valence-electron chi connectivity index (χ3n) is 8.04. The molecule has 6 rings (SSSR count). The predicted molar refractivity (Wildman–Crippen MR) is 129 cm³/mol. The van der Waals surface area contributed by atoms with Gasteiger partial charge >= 0.3 is 11.4 Å². The number of aliphatic hydroxyl groups excluding tert-OH is 1. The fourth-order valence-corrected chi connectivity index (χ4v) is 6.39. The van der Waals surface area contributed by atoms with Crippen LogP contribution in [0, 0.1) is 11.3 Å². The normalized spacial score (nSPS) is 27.1. The molecule has 1 N–H and O–H groups in total. The number of nitrogens with zero attached hydrogens (tertiary/aromatic N) is 3. The van der Waals surface area contributed by atoms with Crippen LogP contribution in [0.25, 0.3) is 5.69 Å². The number of para-hydroxylation sites is 1. The summed E-state index contributed by atoms with van der Waals surface area (Å²) < 4.78 is 9.89. The van der Waals surface area contributed by atoms with Crippen LogP contribution in [0.4, 0.5) is 0 Å². The molecule has 1 fully saturated rings. The number of carbonyl (C=O) groups excluding carboxylic acids is 2. The first-order chi connectivity index (χ1) is 17.3. The van der Waals surface area contributed by atoms with Gasteiger partial charge in [-0.15, -0.1) is 0 Å². The zero-order chi connectivity index (χ0) is 25.4. The average Bonchev–Trinajstić information content (AvgIpc) is 3.44. The molecule has 2 aliphatic carbocycles. The SMILES string of the molecule is CC1=CC(=O)C2CC3C(=CCn4c(=O)n(-c5ccccc5)c(=O)n43)C(c3ccc(CO)o3)C2(C)C1=O. The molecule has 2 aromatic heterocycles. The lowest BCUT2D eigenvalue weighted by Gasteiger charge is -2.51. The minimum atomic E-state index is -1.13. The van der Waals surface area contributed by atoms with Gasteiger partial charge < -0.3 is 9.52 Å². The molecule has 0 amide bonds. The van der Waals surface area contributed by atoms with Crippen LogP contribution >= 0.6 is 0 Å². The van der Waals surface area contributed by atoms with Gasteiger partial charge in [0.05, 0.1) is 29.6 Å². The minimum absolute atomic E-state index is 0.140. The van der Waals surface area contributed by atoms with Crippen molar-refractivity contribution >= 4 is 11.6 Å². The number of Topliss-reactive ketones (excluding diaryl/α,β-unsaturated/α-hetero) is 1. The van der Waals surface area contributed by atoms with Gasteiger partial charge in [0.25, 0.3) is 0 Å². The Morgan fingerprint density at radius 1 is 1.06 bits per heavy atom. The molecule has 0 spiro atoms. The molecule has 3 aliphatic rings. The van der Waals surface area contributed by atoms with Crippen LogP contribution in [0.2, 0.25) is 0 Å². The van der Waals surface area contributed by atoms with Crippen molar-refractivity contribution in [2.24, 2.45) is 11.3 Å². The highest BCUT2D eigenvalue weighted by Crippen LogP contribution is 2.59. The van der Waals surface area contributed by atoms with Crippen molar-refractivity contribution < 1.29 is 19.1 Å². The summed E-state index contributed by atoms with van der Waals surface area (Å²) >= 11 is 0. The van der Waals surface area contributed by atoms with E-state index in [2.05, 4.69) is 0 Å². The zero-order valence-electron chi connectivity index (χ0n) is 19.9. The lowest BCUT2D eigenvalue weighted by atomic mass is 9.51. The van der Waals surface area contributed by atoms with Gasteiger partial charge in [0, 0.05) is 5.92 Å². The lowest BCUT2D eigenvalue weighted by Crippen LogP contribution is -2.54. The fourth-order valence-electron chi connectivity index (χ4n) is 6.39. The standard InChI is InChI=1S/C27H25N3O6/c1-15-12-21(32)19-13-20-18(23(27(19,2)24(15)33)22-9-8-17(14-31)36-22)10-11-28-25(34)29(26(35)30(20)28)16-6-4-3-5-7-16/h3-10,12,19-20,23,31H,11,13-14H2,1-2H3. The maximum Gasteiger partial charge on any atom is 0.352 e. The second-order valence-corrected chi connectivity index (χ2v) is 9.91. The molecule has 9 nitrogen and oxygen atoms in total. The van der Waals surface area contributed by atoms with Gasteiger partial charge in [-0.3, -0.25) is 9.59 Å². The maximum absolute atomic E-state index is 13.7. The molecule has 3 aromatic rings. The number of aliphatic hydroxyl groups is 1. The smallest absolute Gasteiger partial charge is 0.352 e. The Morgan fingerprint density at radius 3 is 2.50 bits per heavy atom. The summed E-state index contributed by atoms with van der Waals surface area (Å²) in [4.78, 5) is 53.9. The second kappa shape index (κ2) is 7.76. The number of benzene rings is 1. The number of carbonyl (C=O) groups is 2. The Bertz CT molecular complexity index is 1600. The van der Waals surface area contributed by atoms with Crippen LogP contribution in [0.3, 0.4) is 0 Å². The minimum Gasteiger partial charge on any atom is -0.463 e. The van der Waals surface area contributed by atoms with Crippen molar-refractivity contribution in [3.8, 4) is 5.69 Å². The van der Waals surface area contributed by atoms with Crippen molar-refractivity contribution in [1.82, 2.24) is 13.9 Å². The van der Waals surface area contributed by atoms with Crippen LogP contribution in [0.15, 0.2) is 79.8 Å². The third kappa shape index (κ3) is 2.86. The Balaban J connectivity index is 1.58. The maximum atomic E-state index is 13.7. The molecule has 4 unspecified atom stereocenters. The number of ketones is 2. The first kappa shape index (κ1) is 22.5. The van der Waals surface area contributed by atoms with Crippen LogP contribution in [0.1, 0.15) is 43.7 Å². The van der Waals surface area contributed by atoms with E-state index in [1.807, 2.05) is 6.08 Å². The molecule has 1 aliphatic heterocycles. The first-order valence-corrected chi connectivity index (χ1v) is 11.9. The van der Waals surface area contributed by atoms with Crippen molar-refractivity contribution in [3.05, 3.63) is 98.3 Å². The van der Waals surface area contributed by atoms with Gasteiger partial charge in [-0.2, -0.15) is 0 Å². The Morgan fingerprint density at radius 2 is 1.81 bits per heavy atom. The summed E-state index contributed by atoms with van der Waals surface area (Å²) in [5, 5.41) is 9.60. The average molecular weight is 488 g/mol. The van der Waals surface area contributed by atoms with E-state index in [4.69, 9.17) is 4.42 Å². The number of allylic oxidation sites excluding steroid dienone is 4. The number of hydrogen-bond acceptors (Lipinski definition) is 6. The quantitative estimate of drug-likeness (QED) is 0.567. The summed E-state index contributed by atoms with van der Waals surface area (Å²) in [7, 11) is 0. The zero-order valence-corrected chi connectivity index (χ0v) is 19.9. The third-order valence-corrected chi connectivity index (χ3v) is 8.04. The van der Waals surface area contributed by atoms with Crippen molar-refractivity contribution in [2.45, 2.75) is 45.4 Å². The van der Waals surface area contributed by atoms with E-state index in [0.29, 0.717) is 22.8 Å². The summed E-state index contributed by atoms with van der Waals surface area (Å²) in [6.45, 7) is 3.27. The van der Waals surface area contributed by atoms with Gasteiger partial charge in [0.15, 0.2) is 11.6 Å². The topological polar surface area (TPSA) is 116 Å². The van der Waals surface area contributed by atoms with Crippen LogP contribution in [-0.2, 0) is 22.7 Å². The van der Waals surface area contributed by atoms with E-state index in [1.54, 1.807) is 56.3 Å². The van der Waals surface area contributed by atoms with E-state index >= 15 is 0 Å². The van der Waals surface area contributed by atoms with E-state index < -0.39 is 34.7 Å². The molecule has 4 atom stereocenters. The van der Waals surface area contributed by atoms with E-state index in [1.165, 1.54) is 15.4 Å². The molecule has 9 heteroatoms. The molecule has 0 saturated heterocycles. The molecule has 1 aromatic carbocycles. The van der Waals surface area contributed by atoms with Crippen LogP contribution in [0.5, 0.6) is 0 Å². The molecule has 3 heterocycles. The van der Waals surface area contributed by atoms with Gasteiger partial charge in [-0.1, -0.05) is 31.2 Å². The number of fused-ring (bicyclic) bond motifs is 4. The Labute approximate surface area is 205 Å². The van der Waals surface area contributed by atoms with E-state index in [-0.39, 0.29) is 31.1 Å². The predicted octanol–water partition coefficient (Wildman–Crippen LogP) is 2.28. The lowest BCUT2D eigenvalue weighted by molar-refractivity contribution is -0.140. The molecule has 36 heavy (non-hydrogen) atoms. The monoisotopic (exact) mass is 487 g/mol. The van der Waals surface area contributed by atoms with E-state index in [0.717, 1.165) is 10.1 Å². The second-order valence-electron chi connectivity index (χ2n) is 9.91. The van der Waals surface area contributed by atoms with Gasteiger partial charge in [0.2, 0.25) is 0 Å². The van der Waals surface area contributed by atoms with Gasteiger partial charge in [-0.25, -0.2) is 23.5 Å². The molecule has 184 valence electrons. The Kier molecular flexibility index (Phi) is 4.85. The first-order valence-electron chi connectivity index (χ1n) is 11.9. The highest BCUT2D eigenvalue weighted by atomic mass is 16.4. The van der Waals surface area contributed by atoms with Crippen molar-refractivity contribution in [2.75, 3.05) is 0 Å². The van der Waals surface area contributed by atoms with Gasteiger partial charge in [-0.05, 0) is 54.8 Å². The molecule has 0 radical (unpaired) electrons.